The molecule has 0 aromatic heterocycles. The summed E-state index contributed by atoms with van der Waals surface area (Å²) in [6, 6.07) is 0. The highest BCUT2D eigenvalue weighted by molar-refractivity contribution is 4.53. The van der Waals surface area contributed by atoms with Gasteiger partial charge in [-0.15, -0.1) is 0 Å². The van der Waals surface area contributed by atoms with Gasteiger partial charge in [-0.25, -0.2) is 0 Å². The maximum Gasteiger partial charge on any atom is 0.102 e. The van der Waals surface area contributed by atoms with Crippen LogP contribution in [0.3, 0.4) is 0 Å². The number of hydrogen-bond donors (Lipinski definition) is 0. The van der Waals surface area contributed by atoms with Gasteiger partial charge in [0.2, 0.25) is 0 Å². The van der Waals surface area contributed by atoms with Crippen LogP contribution in [0.5, 0.6) is 0 Å². The number of likely N-dealkylation sites (N-methyl/N-ethyl adjacent to an activating group) is 2. The number of ether oxygens (including phenoxy) is 1. The average Bonchev–Trinajstić information content (AvgIpc) is 2.78. The maximum absolute atomic E-state index is 5.83. The lowest BCUT2D eigenvalue weighted by Gasteiger charge is -2.33. The second-order valence-corrected chi connectivity index (χ2v) is 6.12. The molecule has 3 nitrogen and oxygen atoms in total. The van der Waals surface area contributed by atoms with Crippen LogP contribution in [-0.4, -0.2) is 75.5 Å². The molecule has 0 saturated carbocycles. The zero-order chi connectivity index (χ0) is 12.8. The van der Waals surface area contributed by atoms with Gasteiger partial charge >= 0.3 is 0 Å². The van der Waals surface area contributed by atoms with E-state index in [9.17, 15) is 0 Å². The van der Waals surface area contributed by atoms with Crippen molar-refractivity contribution in [1.82, 2.24) is 0 Å². The summed E-state index contributed by atoms with van der Waals surface area (Å²) < 4.78 is 8.19. The Balaban J connectivity index is 2.11. The highest BCUT2D eigenvalue weighted by Crippen LogP contribution is 2.18. The lowest BCUT2D eigenvalue weighted by Crippen LogP contribution is -2.47. The van der Waals surface area contributed by atoms with Crippen molar-refractivity contribution in [3.63, 3.8) is 0 Å². The topological polar surface area (TPSA) is 9.23 Å². The smallest absolute Gasteiger partial charge is 0.102 e. The summed E-state index contributed by atoms with van der Waals surface area (Å²) >= 11 is 0. The third-order valence-corrected chi connectivity index (χ3v) is 4.59. The Morgan fingerprint density at radius 3 is 2.24 bits per heavy atom. The summed E-state index contributed by atoms with van der Waals surface area (Å²) in [5.41, 5.74) is 0. The van der Waals surface area contributed by atoms with Crippen LogP contribution in [0, 0.1) is 0 Å². The number of rotatable bonds is 8. The molecule has 0 spiro atoms. The fourth-order valence-corrected chi connectivity index (χ4v) is 2.53. The van der Waals surface area contributed by atoms with Gasteiger partial charge in [-0.1, -0.05) is 0 Å². The van der Waals surface area contributed by atoms with Crippen LogP contribution in [0.15, 0.2) is 0 Å². The van der Waals surface area contributed by atoms with Crippen molar-refractivity contribution in [2.75, 3.05) is 66.6 Å². The lowest BCUT2D eigenvalue weighted by molar-refractivity contribution is -0.915. The average molecular weight is 244 g/mol. The maximum atomic E-state index is 5.83. The Kier molecular flexibility index (Phi) is 5.90. The molecule has 1 heterocycles. The van der Waals surface area contributed by atoms with E-state index in [1.807, 2.05) is 0 Å². The van der Waals surface area contributed by atoms with Crippen molar-refractivity contribution in [2.45, 2.75) is 26.7 Å². The van der Waals surface area contributed by atoms with Crippen LogP contribution < -0.4 is 0 Å². The van der Waals surface area contributed by atoms with Gasteiger partial charge < -0.3 is 13.7 Å². The summed E-state index contributed by atoms with van der Waals surface area (Å²) in [6.45, 7) is 14.0. The molecule has 3 heteroatoms. The standard InChI is InChI=1S/C14H32N2O/c1-5-15(3,4)11-13-17-14-12-16(6-2)9-7-8-10-16/h5-14H2,1-4H3/q+2. The van der Waals surface area contributed by atoms with Crippen LogP contribution in [0.1, 0.15) is 26.7 Å². The van der Waals surface area contributed by atoms with Gasteiger partial charge in [0.05, 0.1) is 53.5 Å². The van der Waals surface area contributed by atoms with Crippen molar-refractivity contribution in [1.29, 1.82) is 0 Å². The largest absolute Gasteiger partial charge is 0.370 e. The van der Waals surface area contributed by atoms with E-state index in [4.69, 9.17) is 4.74 Å². The number of hydrogen-bond acceptors (Lipinski definition) is 1. The van der Waals surface area contributed by atoms with E-state index in [0.29, 0.717) is 0 Å². The van der Waals surface area contributed by atoms with E-state index >= 15 is 0 Å². The van der Waals surface area contributed by atoms with Crippen molar-refractivity contribution < 1.29 is 13.7 Å². The minimum absolute atomic E-state index is 0.907. The second-order valence-electron chi connectivity index (χ2n) is 6.12. The molecule has 0 unspecified atom stereocenters. The molecule has 0 radical (unpaired) electrons. The summed E-state index contributed by atoms with van der Waals surface area (Å²) in [7, 11) is 4.54. The zero-order valence-electron chi connectivity index (χ0n) is 12.4. The molecule has 102 valence electrons. The van der Waals surface area contributed by atoms with E-state index < -0.39 is 0 Å². The normalized spacial score (nSPS) is 19.8. The first-order chi connectivity index (χ1) is 8.04. The molecule has 1 aliphatic heterocycles. The molecule has 0 aliphatic carbocycles. The summed E-state index contributed by atoms with van der Waals surface area (Å²) in [5.74, 6) is 0. The predicted octanol–water partition coefficient (Wildman–Crippen LogP) is 1.73. The van der Waals surface area contributed by atoms with Crippen LogP contribution in [0.25, 0.3) is 0 Å². The van der Waals surface area contributed by atoms with E-state index in [-0.39, 0.29) is 0 Å². The molecule has 0 aromatic carbocycles. The van der Waals surface area contributed by atoms with Gasteiger partial charge in [0.25, 0.3) is 0 Å². The summed E-state index contributed by atoms with van der Waals surface area (Å²) in [5, 5.41) is 0. The van der Waals surface area contributed by atoms with E-state index in [2.05, 4.69) is 27.9 Å². The SMILES string of the molecule is CC[N+](C)(C)CCOCC[N+]1(CC)CCCC1. The van der Waals surface area contributed by atoms with Crippen molar-refractivity contribution in [2.24, 2.45) is 0 Å². The molecular weight excluding hydrogens is 212 g/mol. The van der Waals surface area contributed by atoms with Crippen molar-refractivity contribution in [3.05, 3.63) is 0 Å². The van der Waals surface area contributed by atoms with Gasteiger partial charge in [0, 0.05) is 12.8 Å². The van der Waals surface area contributed by atoms with Gasteiger partial charge in [-0.05, 0) is 13.8 Å². The first-order valence-electron chi connectivity index (χ1n) is 7.28. The number of nitrogens with zero attached hydrogens (tertiary/aromatic N) is 2. The predicted molar refractivity (Wildman–Crippen MR) is 73.0 cm³/mol. The van der Waals surface area contributed by atoms with Crippen LogP contribution >= 0.6 is 0 Å². The third-order valence-electron chi connectivity index (χ3n) is 4.59. The molecule has 1 aliphatic rings. The van der Waals surface area contributed by atoms with Gasteiger partial charge in [0.15, 0.2) is 0 Å². The van der Waals surface area contributed by atoms with Crippen molar-refractivity contribution >= 4 is 0 Å². The molecule has 0 amide bonds. The molecule has 1 fully saturated rings. The van der Waals surface area contributed by atoms with Crippen LogP contribution in [-0.2, 0) is 4.74 Å². The fraction of sp³-hybridized carbons (Fsp3) is 1.00. The van der Waals surface area contributed by atoms with Crippen LogP contribution in [0.4, 0.5) is 0 Å². The number of quaternary nitrogens is 2. The Bertz CT molecular complexity index is 210. The molecule has 1 saturated heterocycles. The van der Waals surface area contributed by atoms with E-state index in [1.165, 1.54) is 50.0 Å². The highest BCUT2D eigenvalue weighted by atomic mass is 16.5. The lowest BCUT2D eigenvalue weighted by atomic mass is 10.4. The van der Waals surface area contributed by atoms with Gasteiger partial charge in [-0.3, -0.25) is 0 Å². The quantitative estimate of drug-likeness (QED) is 0.467. The van der Waals surface area contributed by atoms with Gasteiger partial charge in [0.1, 0.15) is 13.1 Å². The Hall–Kier alpha value is -0.120. The Labute approximate surface area is 108 Å². The molecular formula is C14H32N2O+2. The fourth-order valence-electron chi connectivity index (χ4n) is 2.53. The van der Waals surface area contributed by atoms with Crippen LogP contribution in [0.2, 0.25) is 0 Å². The second kappa shape index (κ2) is 6.72. The molecule has 0 bridgehead atoms. The van der Waals surface area contributed by atoms with Gasteiger partial charge in [-0.2, -0.15) is 0 Å². The summed E-state index contributed by atoms with van der Waals surface area (Å²) in [6.07, 6.45) is 2.82. The monoisotopic (exact) mass is 244 g/mol. The summed E-state index contributed by atoms with van der Waals surface area (Å²) in [4.78, 5) is 0. The molecule has 0 atom stereocenters. The first kappa shape index (κ1) is 14.9. The third kappa shape index (κ3) is 4.94. The minimum Gasteiger partial charge on any atom is -0.370 e. The number of likely N-dealkylation sites (tertiary alicyclic amines) is 1. The zero-order valence-corrected chi connectivity index (χ0v) is 12.4. The Morgan fingerprint density at radius 2 is 1.71 bits per heavy atom. The molecule has 17 heavy (non-hydrogen) atoms. The van der Waals surface area contributed by atoms with E-state index in [0.717, 1.165) is 24.2 Å². The molecule has 0 aromatic rings. The molecule has 1 rings (SSSR count). The Morgan fingerprint density at radius 1 is 1.06 bits per heavy atom. The highest BCUT2D eigenvalue weighted by Gasteiger charge is 2.29. The molecule has 0 N–H and O–H groups in total. The first-order valence-corrected chi connectivity index (χ1v) is 7.28. The van der Waals surface area contributed by atoms with Crippen molar-refractivity contribution in [3.8, 4) is 0 Å². The van der Waals surface area contributed by atoms with E-state index in [1.54, 1.807) is 0 Å². The minimum atomic E-state index is 0.907.